The van der Waals surface area contributed by atoms with Crippen LogP contribution >= 0.6 is 15.9 Å². The van der Waals surface area contributed by atoms with Gasteiger partial charge in [-0.05, 0) is 6.92 Å². The van der Waals surface area contributed by atoms with E-state index >= 15 is 0 Å². The van der Waals surface area contributed by atoms with Crippen LogP contribution in [0.15, 0.2) is 0 Å². The highest BCUT2D eigenvalue weighted by atomic mass is 79.9. The molecule has 0 aromatic heterocycles. The number of ether oxygens (including phenoxy) is 4. The first-order valence-corrected chi connectivity index (χ1v) is 6.05. The number of esters is 1. The average Bonchev–Trinajstić information content (AvgIpc) is 2.26. The third kappa shape index (κ3) is 10.4. The summed E-state index contributed by atoms with van der Waals surface area (Å²) in [5.74, 6) is -0.278. The van der Waals surface area contributed by atoms with E-state index in [-0.39, 0.29) is 17.4 Å². The van der Waals surface area contributed by atoms with Crippen molar-refractivity contribution in [1.82, 2.24) is 0 Å². The molecule has 0 aliphatic carbocycles. The molecule has 0 saturated heterocycles. The van der Waals surface area contributed by atoms with Gasteiger partial charge in [0.1, 0.15) is 11.4 Å². The van der Waals surface area contributed by atoms with E-state index in [0.29, 0.717) is 33.0 Å². The summed E-state index contributed by atoms with van der Waals surface area (Å²) in [6.45, 7) is 4.53. The monoisotopic (exact) mass is 298 g/mol. The van der Waals surface area contributed by atoms with Crippen LogP contribution in [0.3, 0.4) is 0 Å². The Hall–Kier alpha value is -0.170. The summed E-state index contributed by atoms with van der Waals surface area (Å²) in [5.41, 5.74) is 0. The van der Waals surface area contributed by atoms with Crippen molar-refractivity contribution in [2.75, 3.05) is 46.8 Å². The highest BCUT2D eigenvalue weighted by Crippen LogP contribution is 1.99. The molecule has 0 spiro atoms. The Morgan fingerprint density at radius 3 is 2.06 bits per heavy atom. The third-order valence-corrected chi connectivity index (χ3v) is 1.97. The van der Waals surface area contributed by atoms with Gasteiger partial charge in [-0.2, -0.15) is 0 Å². The molecule has 0 rings (SSSR count). The molecule has 5 nitrogen and oxygen atoms in total. The van der Waals surface area contributed by atoms with Crippen LogP contribution in [0.25, 0.3) is 0 Å². The molecule has 0 amide bonds. The van der Waals surface area contributed by atoms with E-state index in [1.165, 1.54) is 0 Å². The van der Waals surface area contributed by atoms with Crippen molar-refractivity contribution < 1.29 is 23.7 Å². The van der Waals surface area contributed by atoms with E-state index in [0.717, 1.165) is 0 Å². The molecule has 16 heavy (non-hydrogen) atoms. The number of halogens is 1. The second-order valence-electron chi connectivity index (χ2n) is 3.00. The molecule has 0 aliphatic heterocycles. The summed E-state index contributed by atoms with van der Waals surface area (Å²) in [4.78, 5) is 10.7. The molecule has 0 aliphatic rings. The predicted octanol–water partition coefficient (Wildman–Crippen LogP) is 0.993. The Bertz CT molecular complexity index is 175. The lowest BCUT2D eigenvalue weighted by molar-refractivity contribution is -0.144. The minimum Gasteiger partial charge on any atom is -0.462 e. The maximum Gasteiger partial charge on any atom is 0.319 e. The largest absolute Gasteiger partial charge is 0.462 e. The van der Waals surface area contributed by atoms with E-state index in [1.807, 2.05) is 0 Å². The molecule has 0 aromatic rings. The van der Waals surface area contributed by atoms with Gasteiger partial charge in [-0.1, -0.05) is 15.9 Å². The van der Waals surface area contributed by atoms with Crippen LogP contribution < -0.4 is 0 Å². The number of carbonyl (C=O) groups is 1. The van der Waals surface area contributed by atoms with Crippen LogP contribution in [0.1, 0.15) is 6.92 Å². The van der Waals surface area contributed by atoms with Crippen LogP contribution in [0.4, 0.5) is 0 Å². The van der Waals surface area contributed by atoms with E-state index in [4.69, 9.17) is 18.9 Å². The fraction of sp³-hybridized carbons (Fsp3) is 0.900. The van der Waals surface area contributed by atoms with Gasteiger partial charge in [0.15, 0.2) is 0 Å². The maximum atomic E-state index is 11.0. The molecular formula is C10H19BrO5. The van der Waals surface area contributed by atoms with E-state index in [9.17, 15) is 4.79 Å². The first kappa shape index (κ1) is 15.8. The first-order valence-electron chi connectivity index (χ1n) is 5.13. The van der Waals surface area contributed by atoms with Crippen molar-refractivity contribution in [3.63, 3.8) is 0 Å². The molecule has 6 heteroatoms. The molecule has 0 heterocycles. The summed E-state index contributed by atoms with van der Waals surface area (Å²) in [7, 11) is 1.62. The Labute approximate surface area is 105 Å². The quantitative estimate of drug-likeness (QED) is 0.342. The second kappa shape index (κ2) is 11.3. The molecule has 0 saturated carbocycles. The number of hydrogen-bond acceptors (Lipinski definition) is 5. The summed E-state index contributed by atoms with van der Waals surface area (Å²) in [5, 5.41) is 0. The van der Waals surface area contributed by atoms with Gasteiger partial charge in [-0.15, -0.1) is 0 Å². The molecular weight excluding hydrogens is 280 g/mol. The van der Waals surface area contributed by atoms with Gasteiger partial charge < -0.3 is 18.9 Å². The molecule has 0 N–H and O–H groups in total. The van der Waals surface area contributed by atoms with Crippen LogP contribution in [0.5, 0.6) is 0 Å². The van der Waals surface area contributed by atoms with Crippen molar-refractivity contribution in [3.05, 3.63) is 0 Å². The second-order valence-corrected chi connectivity index (χ2v) is 4.37. The Morgan fingerprint density at radius 2 is 1.56 bits per heavy atom. The number of carbonyl (C=O) groups excluding carboxylic acids is 1. The highest BCUT2D eigenvalue weighted by Gasteiger charge is 2.08. The first-order chi connectivity index (χ1) is 7.68. The van der Waals surface area contributed by atoms with Crippen molar-refractivity contribution in [1.29, 1.82) is 0 Å². The van der Waals surface area contributed by atoms with Gasteiger partial charge in [-0.3, -0.25) is 4.79 Å². The lowest BCUT2D eigenvalue weighted by atomic mass is 10.5. The zero-order valence-electron chi connectivity index (χ0n) is 9.74. The minimum atomic E-state index is -0.278. The third-order valence-electron chi connectivity index (χ3n) is 1.60. The van der Waals surface area contributed by atoms with Crippen molar-refractivity contribution in [2.45, 2.75) is 11.8 Å². The molecule has 0 radical (unpaired) electrons. The number of methoxy groups -OCH3 is 1. The van der Waals surface area contributed by atoms with Gasteiger partial charge in [0, 0.05) is 7.11 Å². The molecule has 0 aromatic carbocycles. The van der Waals surface area contributed by atoms with E-state index in [1.54, 1.807) is 14.0 Å². The van der Waals surface area contributed by atoms with Crippen LogP contribution in [-0.2, 0) is 23.7 Å². The van der Waals surface area contributed by atoms with E-state index < -0.39 is 0 Å². The fourth-order valence-corrected chi connectivity index (χ4v) is 0.912. The smallest absolute Gasteiger partial charge is 0.319 e. The van der Waals surface area contributed by atoms with Crippen LogP contribution in [0.2, 0.25) is 0 Å². The normalized spacial score (nSPS) is 12.4. The summed E-state index contributed by atoms with van der Waals surface area (Å²) in [6, 6.07) is 0. The number of rotatable bonds is 10. The molecule has 96 valence electrons. The lowest BCUT2D eigenvalue weighted by Crippen LogP contribution is -2.18. The number of alkyl halides is 1. The Kier molecular flexibility index (Phi) is 11.2. The summed E-state index contributed by atoms with van der Waals surface area (Å²) >= 11 is 3.11. The summed E-state index contributed by atoms with van der Waals surface area (Å²) in [6.07, 6.45) is 0. The van der Waals surface area contributed by atoms with Gasteiger partial charge in [0.2, 0.25) is 0 Å². The highest BCUT2D eigenvalue weighted by molar-refractivity contribution is 9.10. The van der Waals surface area contributed by atoms with E-state index in [2.05, 4.69) is 15.9 Å². The van der Waals surface area contributed by atoms with Gasteiger partial charge >= 0.3 is 5.97 Å². The maximum absolute atomic E-state index is 11.0. The minimum absolute atomic E-state index is 0.271. The molecule has 0 fully saturated rings. The summed E-state index contributed by atoms with van der Waals surface area (Å²) < 4.78 is 20.0. The number of hydrogen-bond donors (Lipinski definition) is 0. The van der Waals surface area contributed by atoms with Crippen LogP contribution in [-0.4, -0.2) is 57.5 Å². The Balaban J connectivity index is 3.07. The topological polar surface area (TPSA) is 54.0 Å². The van der Waals surface area contributed by atoms with Gasteiger partial charge in [-0.25, -0.2) is 0 Å². The molecule has 0 bridgehead atoms. The fourth-order valence-electron chi connectivity index (χ4n) is 0.780. The zero-order chi connectivity index (χ0) is 12.2. The van der Waals surface area contributed by atoms with Crippen molar-refractivity contribution in [3.8, 4) is 0 Å². The van der Waals surface area contributed by atoms with Crippen molar-refractivity contribution in [2.24, 2.45) is 0 Å². The van der Waals surface area contributed by atoms with Crippen LogP contribution in [0, 0.1) is 0 Å². The predicted molar refractivity (Wildman–Crippen MR) is 62.9 cm³/mol. The molecule has 1 atom stereocenters. The Morgan fingerprint density at radius 1 is 1.06 bits per heavy atom. The molecule has 1 unspecified atom stereocenters. The van der Waals surface area contributed by atoms with Crippen molar-refractivity contribution >= 4 is 21.9 Å². The lowest BCUT2D eigenvalue weighted by Gasteiger charge is -2.07. The average molecular weight is 299 g/mol. The zero-order valence-corrected chi connectivity index (χ0v) is 11.3. The van der Waals surface area contributed by atoms with Gasteiger partial charge in [0.05, 0.1) is 33.0 Å². The SMILES string of the molecule is COCCOCCOCCOC(=O)C(C)Br. The van der Waals surface area contributed by atoms with Gasteiger partial charge in [0.25, 0.3) is 0 Å². The standard InChI is InChI=1S/C10H19BrO5/c1-9(11)10(12)16-8-7-15-6-5-14-4-3-13-2/h9H,3-8H2,1-2H3.